The third-order valence-corrected chi connectivity index (χ3v) is 3.58. The number of carbonyl (C=O) groups is 1. The first-order valence-corrected chi connectivity index (χ1v) is 8.19. The highest BCUT2D eigenvalue weighted by molar-refractivity contribution is 7.89. The van der Waals surface area contributed by atoms with E-state index in [1.54, 1.807) is 20.8 Å². The Labute approximate surface area is 135 Å². The largest absolute Gasteiger partial charge is 0.444 e. The summed E-state index contributed by atoms with van der Waals surface area (Å²) in [6, 6.07) is 4.15. The van der Waals surface area contributed by atoms with Gasteiger partial charge in [0.15, 0.2) is 0 Å². The van der Waals surface area contributed by atoms with E-state index in [4.69, 9.17) is 21.5 Å². The summed E-state index contributed by atoms with van der Waals surface area (Å²) in [5, 5.41) is 7.47. The van der Waals surface area contributed by atoms with E-state index in [-0.39, 0.29) is 16.5 Å². The van der Waals surface area contributed by atoms with Crippen LogP contribution in [0.4, 0.5) is 4.79 Å². The molecule has 0 heterocycles. The molecule has 0 spiro atoms. The van der Waals surface area contributed by atoms with E-state index in [0.717, 1.165) is 0 Å². The quantitative estimate of drug-likeness (QED) is 0.800. The number of ether oxygens (including phenoxy) is 1. The van der Waals surface area contributed by atoms with Gasteiger partial charge >= 0.3 is 6.09 Å². The van der Waals surface area contributed by atoms with Gasteiger partial charge in [-0.2, -0.15) is 0 Å². The van der Waals surface area contributed by atoms with Crippen molar-refractivity contribution in [2.24, 2.45) is 5.14 Å². The smallest absolute Gasteiger partial charge is 0.408 e. The molecule has 0 unspecified atom stereocenters. The Morgan fingerprint density at radius 1 is 1.41 bits per heavy atom. The van der Waals surface area contributed by atoms with Crippen LogP contribution in [0.3, 0.4) is 0 Å². The van der Waals surface area contributed by atoms with Crippen molar-refractivity contribution in [3.8, 4) is 11.8 Å². The predicted molar refractivity (Wildman–Crippen MR) is 83.9 cm³/mol. The second-order valence-corrected chi connectivity index (χ2v) is 7.28. The second-order valence-electron chi connectivity index (χ2n) is 5.35. The molecule has 6 nitrogen and oxygen atoms in total. The molecule has 120 valence electrons. The Morgan fingerprint density at radius 2 is 2.05 bits per heavy atom. The Hall–Kier alpha value is -1.75. The number of hydrogen-bond donors (Lipinski definition) is 2. The van der Waals surface area contributed by atoms with Gasteiger partial charge in [0.1, 0.15) is 10.5 Å². The lowest BCUT2D eigenvalue weighted by atomic mass is 10.2. The number of carbonyl (C=O) groups excluding carboxylic acids is 1. The van der Waals surface area contributed by atoms with Crippen LogP contribution in [0.2, 0.25) is 5.02 Å². The van der Waals surface area contributed by atoms with Crippen molar-refractivity contribution in [2.75, 3.05) is 6.54 Å². The summed E-state index contributed by atoms with van der Waals surface area (Å²) in [5.74, 6) is 5.44. The molecular formula is C14H17ClN2O4S. The van der Waals surface area contributed by atoms with Gasteiger partial charge in [-0.15, -0.1) is 0 Å². The van der Waals surface area contributed by atoms with Crippen molar-refractivity contribution in [1.29, 1.82) is 0 Å². The highest BCUT2D eigenvalue weighted by atomic mass is 35.5. The molecule has 0 fully saturated rings. The van der Waals surface area contributed by atoms with Crippen molar-refractivity contribution in [3.63, 3.8) is 0 Å². The monoisotopic (exact) mass is 344 g/mol. The van der Waals surface area contributed by atoms with Gasteiger partial charge in [0, 0.05) is 5.56 Å². The molecule has 1 rings (SSSR count). The third-order valence-electron chi connectivity index (χ3n) is 2.19. The van der Waals surface area contributed by atoms with Gasteiger partial charge in [-0.05, 0) is 39.0 Å². The Balaban J connectivity index is 2.67. The molecule has 0 saturated heterocycles. The van der Waals surface area contributed by atoms with Crippen LogP contribution in [0, 0.1) is 11.8 Å². The van der Waals surface area contributed by atoms with E-state index in [1.807, 2.05) is 0 Å². The second kappa shape index (κ2) is 7.01. The number of primary sulfonamides is 1. The number of halogens is 1. The normalized spacial score (nSPS) is 11.3. The van der Waals surface area contributed by atoms with Crippen molar-refractivity contribution in [2.45, 2.75) is 31.3 Å². The highest BCUT2D eigenvalue weighted by Gasteiger charge is 2.15. The first-order chi connectivity index (χ1) is 9.99. The van der Waals surface area contributed by atoms with E-state index < -0.39 is 21.7 Å². The maximum absolute atomic E-state index is 11.4. The van der Waals surface area contributed by atoms with Gasteiger partial charge in [-0.25, -0.2) is 18.4 Å². The summed E-state index contributed by atoms with van der Waals surface area (Å²) in [7, 11) is -3.86. The molecule has 1 aromatic rings. The summed E-state index contributed by atoms with van der Waals surface area (Å²) in [6.07, 6.45) is -0.565. The zero-order valence-corrected chi connectivity index (χ0v) is 14.0. The van der Waals surface area contributed by atoms with Crippen molar-refractivity contribution in [1.82, 2.24) is 5.32 Å². The van der Waals surface area contributed by atoms with Crippen molar-refractivity contribution >= 4 is 27.7 Å². The van der Waals surface area contributed by atoms with Crippen LogP contribution < -0.4 is 10.5 Å². The van der Waals surface area contributed by atoms with Crippen LogP contribution in [-0.2, 0) is 14.8 Å². The molecule has 0 aromatic heterocycles. The first kappa shape index (κ1) is 18.3. The summed E-state index contributed by atoms with van der Waals surface area (Å²) in [4.78, 5) is 11.2. The number of nitrogens with two attached hydrogens (primary N) is 1. The molecule has 22 heavy (non-hydrogen) atoms. The molecule has 0 atom stereocenters. The summed E-state index contributed by atoms with van der Waals surface area (Å²) in [6.45, 7) is 5.36. The van der Waals surface area contributed by atoms with Gasteiger partial charge in [-0.1, -0.05) is 23.4 Å². The predicted octanol–water partition coefficient (Wildman–Crippen LogP) is 1.86. The molecule has 0 aliphatic carbocycles. The fourth-order valence-corrected chi connectivity index (χ4v) is 2.48. The topological polar surface area (TPSA) is 98.5 Å². The van der Waals surface area contributed by atoms with Gasteiger partial charge in [0.25, 0.3) is 0 Å². The van der Waals surface area contributed by atoms with Crippen molar-refractivity contribution in [3.05, 3.63) is 28.8 Å². The average Bonchev–Trinajstić information content (AvgIpc) is 2.31. The highest BCUT2D eigenvalue weighted by Crippen LogP contribution is 2.20. The molecule has 0 bridgehead atoms. The van der Waals surface area contributed by atoms with Gasteiger partial charge < -0.3 is 10.1 Å². The maximum Gasteiger partial charge on any atom is 0.408 e. The van der Waals surface area contributed by atoms with Crippen LogP contribution in [0.25, 0.3) is 0 Å². The number of alkyl carbamates (subject to hydrolysis) is 1. The van der Waals surface area contributed by atoms with Crippen LogP contribution in [0.5, 0.6) is 0 Å². The summed E-state index contributed by atoms with van der Waals surface area (Å²) >= 11 is 5.83. The Morgan fingerprint density at radius 3 is 2.55 bits per heavy atom. The lowest BCUT2D eigenvalue weighted by Gasteiger charge is -2.19. The van der Waals surface area contributed by atoms with Gasteiger partial charge in [-0.3, -0.25) is 0 Å². The number of nitrogens with one attached hydrogen (secondary N) is 1. The molecule has 0 radical (unpaired) electrons. The molecular weight excluding hydrogens is 328 g/mol. The molecule has 0 aliphatic rings. The van der Waals surface area contributed by atoms with E-state index in [0.29, 0.717) is 5.56 Å². The first-order valence-electron chi connectivity index (χ1n) is 6.27. The maximum atomic E-state index is 11.4. The van der Waals surface area contributed by atoms with Crippen LogP contribution in [0.15, 0.2) is 23.1 Å². The molecule has 0 saturated carbocycles. The fourth-order valence-electron chi connectivity index (χ4n) is 1.39. The van der Waals surface area contributed by atoms with Crippen molar-refractivity contribution < 1.29 is 17.9 Å². The molecule has 3 N–H and O–H groups in total. The van der Waals surface area contributed by atoms with E-state index in [1.165, 1.54) is 18.2 Å². The number of amides is 1. The SMILES string of the molecule is CC(C)(C)OC(=O)NCC#Cc1ccc(S(N)(=O)=O)c(Cl)c1. The fraction of sp³-hybridized carbons (Fsp3) is 0.357. The number of rotatable bonds is 2. The van der Waals surface area contributed by atoms with Crippen LogP contribution >= 0.6 is 11.6 Å². The lowest BCUT2D eigenvalue weighted by Crippen LogP contribution is -2.32. The molecule has 8 heteroatoms. The van der Waals surface area contributed by atoms with E-state index in [9.17, 15) is 13.2 Å². The van der Waals surface area contributed by atoms with Gasteiger partial charge in [0.2, 0.25) is 10.0 Å². The van der Waals surface area contributed by atoms with E-state index in [2.05, 4.69) is 17.2 Å². The lowest BCUT2D eigenvalue weighted by molar-refractivity contribution is 0.0535. The van der Waals surface area contributed by atoms with Crippen LogP contribution in [0.1, 0.15) is 26.3 Å². The third kappa shape index (κ3) is 6.35. The minimum Gasteiger partial charge on any atom is -0.444 e. The number of hydrogen-bond acceptors (Lipinski definition) is 4. The molecule has 0 aliphatic heterocycles. The summed E-state index contributed by atoms with van der Waals surface area (Å²) < 4.78 is 27.5. The average molecular weight is 345 g/mol. The van der Waals surface area contributed by atoms with E-state index >= 15 is 0 Å². The van der Waals surface area contributed by atoms with Crippen LogP contribution in [-0.4, -0.2) is 26.7 Å². The minimum atomic E-state index is -3.86. The summed E-state index contributed by atoms with van der Waals surface area (Å²) in [5.41, 5.74) is -0.0717. The zero-order chi connectivity index (χ0) is 17.0. The van der Waals surface area contributed by atoms with Gasteiger partial charge in [0.05, 0.1) is 11.6 Å². The Bertz CT molecular complexity index is 727. The standard InChI is InChI=1S/C14H17ClN2O4S/c1-14(2,3)21-13(18)17-8-4-5-10-6-7-12(11(15)9-10)22(16,19)20/h6-7,9H,8H2,1-3H3,(H,17,18)(H2,16,19,20). The number of benzene rings is 1. The Kier molecular flexibility index (Phi) is 5.83. The minimum absolute atomic E-state index is 0.00518. The molecule has 1 amide bonds. The molecule has 1 aromatic carbocycles. The number of sulfonamides is 1. The zero-order valence-electron chi connectivity index (χ0n) is 12.4.